The van der Waals surface area contributed by atoms with E-state index >= 15 is 0 Å². The van der Waals surface area contributed by atoms with Gasteiger partial charge in [0.1, 0.15) is 5.78 Å². The normalized spacial score (nSPS) is 40.6. The number of ketones is 1. The van der Waals surface area contributed by atoms with Crippen molar-refractivity contribution in [2.75, 3.05) is 0 Å². The van der Waals surface area contributed by atoms with E-state index in [2.05, 4.69) is 13.5 Å². The second kappa shape index (κ2) is 2.45. The first-order valence-electron chi connectivity index (χ1n) is 4.90. The zero-order valence-corrected chi connectivity index (χ0v) is 7.73. The van der Waals surface area contributed by atoms with E-state index < -0.39 is 0 Å². The summed E-state index contributed by atoms with van der Waals surface area (Å²) in [6.45, 7) is 6.17. The van der Waals surface area contributed by atoms with Gasteiger partial charge in [0, 0.05) is 12.3 Å². The van der Waals surface area contributed by atoms with Gasteiger partial charge >= 0.3 is 0 Å². The molecule has 0 saturated heterocycles. The first-order chi connectivity index (χ1) is 5.69. The lowest BCUT2D eigenvalue weighted by atomic mass is 9.50. The van der Waals surface area contributed by atoms with E-state index in [1.54, 1.807) is 0 Å². The number of carbonyl (C=O) groups excluding carboxylic acids is 1. The second-order valence-electron chi connectivity index (χ2n) is 4.30. The summed E-state index contributed by atoms with van der Waals surface area (Å²) in [6, 6.07) is 0. The summed E-state index contributed by atoms with van der Waals surface area (Å²) in [5.74, 6) is 0.704. The fraction of sp³-hybridized carbons (Fsp3) is 0.727. The molecule has 0 aromatic carbocycles. The lowest BCUT2D eigenvalue weighted by molar-refractivity contribution is -0.133. The molecule has 2 aliphatic rings. The Morgan fingerprint density at radius 1 is 1.67 bits per heavy atom. The molecule has 1 nitrogen and oxygen atoms in total. The minimum absolute atomic E-state index is 0.247. The van der Waals surface area contributed by atoms with Crippen molar-refractivity contribution in [3.8, 4) is 0 Å². The second-order valence-corrected chi connectivity index (χ2v) is 4.30. The Labute approximate surface area is 73.8 Å². The number of carbonyl (C=O) groups is 1. The van der Waals surface area contributed by atoms with Crippen LogP contribution in [0.5, 0.6) is 0 Å². The molecule has 0 bridgehead atoms. The molecule has 0 heterocycles. The van der Waals surface area contributed by atoms with Gasteiger partial charge in [0.2, 0.25) is 0 Å². The van der Waals surface area contributed by atoms with Crippen molar-refractivity contribution < 1.29 is 4.79 Å². The minimum atomic E-state index is 0.247. The lowest BCUT2D eigenvalue weighted by Crippen LogP contribution is -2.48. The number of fused-ring (bicyclic) bond motifs is 1. The fourth-order valence-electron chi connectivity index (χ4n) is 3.03. The molecule has 0 aliphatic heterocycles. The van der Waals surface area contributed by atoms with E-state index in [9.17, 15) is 4.79 Å². The first-order valence-corrected chi connectivity index (χ1v) is 4.90. The highest BCUT2D eigenvalue weighted by molar-refractivity contribution is 5.87. The third-order valence-electron chi connectivity index (χ3n) is 3.72. The average Bonchev–Trinajstić information content (AvgIpc) is 2.01. The maximum Gasteiger partial charge on any atom is 0.140 e. The zero-order chi connectivity index (χ0) is 8.77. The highest BCUT2D eigenvalue weighted by Crippen LogP contribution is 2.58. The van der Waals surface area contributed by atoms with Crippen molar-refractivity contribution in [1.29, 1.82) is 0 Å². The average molecular weight is 164 g/mol. The van der Waals surface area contributed by atoms with Gasteiger partial charge in [0.15, 0.2) is 0 Å². The Hall–Kier alpha value is -0.590. The van der Waals surface area contributed by atoms with Crippen molar-refractivity contribution >= 4 is 5.78 Å². The van der Waals surface area contributed by atoms with Gasteiger partial charge in [-0.15, -0.1) is 0 Å². The predicted molar refractivity (Wildman–Crippen MR) is 48.8 cm³/mol. The Balaban J connectivity index is 2.25. The topological polar surface area (TPSA) is 17.1 Å². The summed E-state index contributed by atoms with van der Waals surface area (Å²) < 4.78 is 0. The number of hydrogen-bond donors (Lipinski definition) is 0. The monoisotopic (exact) mass is 164 g/mol. The molecule has 0 radical (unpaired) electrons. The molecule has 2 saturated carbocycles. The van der Waals surface area contributed by atoms with Crippen LogP contribution in [0.4, 0.5) is 0 Å². The highest BCUT2D eigenvalue weighted by atomic mass is 16.1. The number of allylic oxidation sites excluding steroid dienone is 1. The number of Topliss-reactive ketones (excluding diaryl/α,β-unsaturated/α-hetero) is 1. The van der Waals surface area contributed by atoms with Crippen LogP contribution in [0, 0.1) is 11.3 Å². The van der Waals surface area contributed by atoms with Gasteiger partial charge in [-0.05, 0) is 31.1 Å². The molecule has 0 spiro atoms. The van der Waals surface area contributed by atoms with Crippen LogP contribution in [-0.2, 0) is 4.79 Å². The zero-order valence-electron chi connectivity index (χ0n) is 7.73. The van der Waals surface area contributed by atoms with Crippen LogP contribution in [0.3, 0.4) is 0 Å². The first kappa shape index (κ1) is 8.03. The summed E-state index contributed by atoms with van der Waals surface area (Å²) in [5, 5.41) is 0. The molecule has 2 aliphatic carbocycles. The molecule has 0 unspecified atom stereocenters. The van der Waals surface area contributed by atoms with Gasteiger partial charge in [0.25, 0.3) is 0 Å². The van der Waals surface area contributed by atoms with E-state index in [4.69, 9.17) is 0 Å². The van der Waals surface area contributed by atoms with Crippen LogP contribution in [0.15, 0.2) is 12.2 Å². The van der Waals surface area contributed by atoms with E-state index in [0.717, 1.165) is 25.7 Å². The third kappa shape index (κ3) is 0.825. The fourth-order valence-corrected chi connectivity index (χ4v) is 3.03. The quantitative estimate of drug-likeness (QED) is 0.544. The summed E-state index contributed by atoms with van der Waals surface area (Å²) in [7, 11) is 0. The summed E-state index contributed by atoms with van der Waals surface area (Å²) >= 11 is 0. The molecule has 2 fully saturated rings. The summed E-state index contributed by atoms with van der Waals surface area (Å²) in [6.07, 6.45) is 5.42. The Morgan fingerprint density at radius 3 is 2.92 bits per heavy atom. The predicted octanol–water partition coefficient (Wildman–Crippen LogP) is 2.71. The van der Waals surface area contributed by atoms with Crippen LogP contribution >= 0.6 is 0 Å². The summed E-state index contributed by atoms with van der Waals surface area (Å²) in [5.41, 5.74) is 1.55. The van der Waals surface area contributed by atoms with Gasteiger partial charge in [-0.1, -0.05) is 19.1 Å². The molecule has 12 heavy (non-hydrogen) atoms. The van der Waals surface area contributed by atoms with Crippen molar-refractivity contribution in [2.24, 2.45) is 11.3 Å². The largest absolute Gasteiger partial charge is 0.299 e. The molecule has 0 N–H and O–H groups in total. The van der Waals surface area contributed by atoms with Crippen molar-refractivity contribution in [3.63, 3.8) is 0 Å². The number of rotatable bonds is 1. The van der Waals surface area contributed by atoms with E-state index in [1.807, 2.05) is 0 Å². The molecule has 0 amide bonds. The van der Waals surface area contributed by atoms with E-state index in [1.165, 1.54) is 12.0 Å². The number of hydrogen-bond acceptors (Lipinski definition) is 1. The Kier molecular flexibility index (Phi) is 1.64. The van der Waals surface area contributed by atoms with Gasteiger partial charge in [-0.25, -0.2) is 0 Å². The molecule has 66 valence electrons. The Bertz CT molecular complexity index is 241. The molecular weight excluding hydrogens is 148 g/mol. The molecular formula is C11H16O. The van der Waals surface area contributed by atoms with Crippen LogP contribution in [-0.4, -0.2) is 5.78 Å². The van der Waals surface area contributed by atoms with Gasteiger partial charge in [0.05, 0.1) is 0 Å². The van der Waals surface area contributed by atoms with Crippen LogP contribution in [0.2, 0.25) is 0 Å². The molecule has 0 aromatic rings. The van der Waals surface area contributed by atoms with Crippen molar-refractivity contribution in [2.45, 2.75) is 39.0 Å². The molecule has 1 heteroatoms. The SMILES string of the molecule is C=C1C[C@]2(CC)CCCC(=O)[C@H]12. The maximum atomic E-state index is 11.6. The van der Waals surface area contributed by atoms with Crippen LogP contribution < -0.4 is 0 Å². The molecule has 2 atom stereocenters. The smallest absolute Gasteiger partial charge is 0.140 e. The van der Waals surface area contributed by atoms with Crippen molar-refractivity contribution in [1.82, 2.24) is 0 Å². The van der Waals surface area contributed by atoms with Gasteiger partial charge < -0.3 is 0 Å². The van der Waals surface area contributed by atoms with E-state index in [0.29, 0.717) is 11.2 Å². The lowest BCUT2D eigenvalue weighted by Gasteiger charge is -2.53. The maximum absolute atomic E-state index is 11.6. The molecule has 2 rings (SSSR count). The van der Waals surface area contributed by atoms with Gasteiger partial charge in [-0.2, -0.15) is 0 Å². The minimum Gasteiger partial charge on any atom is -0.299 e. The molecule has 0 aromatic heterocycles. The van der Waals surface area contributed by atoms with Gasteiger partial charge in [-0.3, -0.25) is 4.79 Å². The highest BCUT2D eigenvalue weighted by Gasteiger charge is 2.52. The van der Waals surface area contributed by atoms with E-state index in [-0.39, 0.29) is 5.92 Å². The van der Waals surface area contributed by atoms with Crippen molar-refractivity contribution in [3.05, 3.63) is 12.2 Å². The Morgan fingerprint density at radius 2 is 2.42 bits per heavy atom. The summed E-state index contributed by atoms with van der Waals surface area (Å²) in [4.78, 5) is 11.6. The van der Waals surface area contributed by atoms with Crippen LogP contribution in [0.25, 0.3) is 0 Å². The van der Waals surface area contributed by atoms with Crippen LogP contribution in [0.1, 0.15) is 39.0 Å². The third-order valence-corrected chi connectivity index (χ3v) is 3.72. The standard InChI is InChI=1S/C11H16O/c1-3-11-6-4-5-9(12)10(11)8(2)7-11/h10H,2-7H2,1H3/t10-,11-/m0/s1.